The van der Waals surface area contributed by atoms with Gasteiger partial charge in [0.05, 0.1) is 17.9 Å². The fourth-order valence-corrected chi connectivity index (χ4v) is 1.58. The molecule has 18 heavy (non-hydrogen) atoms. The van der Waals surface area contributed by atoms with Gasteiger partial charge in [-0.05, 0) is 24.6 Å². The van der Waals surface area contributed by atoms with Gasteiger partial charge in [-0.25, -0.2) is 4.39 Å². The molecule has 0 fully saturated rings. The van der Waals surface area contributed by atoms with E-state index in [-0.39, 0.29) is 23.5 Å². The van der Waals surface area contributed by atoms with Crippen LogP contribution in [0.2, 0.25) is 0 Å². The predicted octanol–water partition coefficient (Wildman–Crippen LogP) is 1.62. The van der Waals surface area contributed by atoms with E-state index >= 15 is 0 Å². The molecule has 0 aliphatic heterocycles. The van der Waals surface area contributed by atoms with E-state index in [9.17, 15) is 9.18 Å². The molecule has 2 aromatic rings. The third kappa shape index (κ3) is 2.48. The van der Waals surface area contributed by atoms with E-state index in [0.29, 0.717) is 5.69 Å². The Labute approximate surface area is 103 Å². The molecule has 0 saturated heterocycles. The van der Waals surface area contributed by atoms with Gasteiger partial charge in [-0.15, -0.1) is 0 Å². The van der Waals surface area contributed by atoms with Crippen molar-refractivity contribution in [2.75, 3.05) is 5.73 Å². The smallest absolute Gasteiger partial charge is 0.271 e. The number of H-pyrrole nitrogens is 1. The first kappa shape index (κ1) is 12.1. The first-order valence-corrected chi connectivity index (χ1v) is 5.43. The quantitative estimate of drug-likeness (QED) is 0.771. The van der Waals surface area contributed by atoms with Crippen LogP contribution in [0.5, 0.6) is 0 Å². The molecule has 6 heteroatoms. The summed E-state index contributed by atoms with van der Waals surface area (Å²) in [7, 11) is 0. The molecule has 94 valence electrons. The number of anilines is 1. The summed E-state index contributed by atoms with van der Waals surface area (Å²) in [6.45, 7) is 1.80. The molecule has 0 aliphatic rings. The van der Waals surface area contributed by atoms with Crippen molar-refractivity contribution in [2.45, 2.75) is 13.0 Å². The van der Waals surface area contributed by atoms with Crippen LogP contribution in [0.25, 0.3) is 0 Å². The number of rotatable bonds is 3. The number of carbonyl (C=O) groups excluding carboxylic acids is 1. The molecule has 1 amide bonds. The highest BCUT2D eigenvalue weighted by atomic mass is 19.1. The Morgan fingerprint density at radius 2 is 2.11 bits per heavy atom. The number of nitrogens with zero attached hydrogens (tertiary/aromatic N) is 1. The molecule has 0 radical (unpaired) electrons. The molecule has 0 aliphatic carbocycles. The maximum absolute atomic E-state index is 12.8. The van der Waals surface area contributed by atoms with Crippen molar-refractivity contribution in [3.63, 3.8) is 0 Å². The van der Waals surface area contributed by atoms with Crippen molar-refractivity contribution in [1.29, 1.82) is 0 Å². The fourth-order valence-electron chi connectivity index (χ4n) is 1.58. The minimum atomic E-state index is -0.346. The summed E-state index contributed by atoms with van der Waals surface area (Å²) in [5.74, 6) is -0.656. The molecule has 1 aromatic heterocycles. The number of amides is 1. The zero-order chi connectivity index (χ0) is 13.1. The maximum Gasteiger partial charge on any atom is 0.271 e. The summed E-state index contributed by atoms with van der Waals surface area (Å²) < 4.78 is 12.8. The highest BCUT2D eigenvalue weighted by molar-refractivity contribution is 5.97. The van der Waals surface area contributed by atoms with Crippen LogP contribution in [-0.4, -0.2) is 16.1 Å². The van der Waals surface area contributed by atoms with E-state index < -0.39 is 0 Å². The predicted molar refractivity (Wildman–Crippen MR) is 65.3 cm³/mol. The topological polar surface area (TPSA) is 83.8 Å². The number of benzene rings is 1. The Bertz CT molecular complexity index is 549. The average molecular weight is 248 g/mol. The number of hydrogen-bond acceptors (Lipinski definition) is 3. The Kier molecular flexibility index (Phi) is 3.27. The van der Waals surface area contributed by atoms with Gasteiger partial charge in [0.1, 0.15) is 11.5 Å². The van der Waals surface area contributed by atoms with Gasteiger partial charge in [0.15, 0.2) is 0 Å². The summed E-state index contributed by atoms with van der Waals surface area (Å²) in [4.78, 5) is 11.8. The lowest BCUT2D eigenvalue weighted by Gasteiger charge is -2.13. The normalized spacial score (nSPS) is 12.1. The van der Waals surface area contributed by atoms with Gasteiger partial charge in [0.2, 0.25) is 0 Å². The lowest BCUT2D eigenvalue weighted by molar-refractivity contribution is 0.0935. The van der Waals surface area contributed by atoms with E-state index in [0.717, 1.165) is 5.56 Å². The molecule has 0 bridgehead atoms. The Morgan fingerprint density at radius 3 is 2.67 bits per heavy atom. The molecule has 1 atom stereocenters. The van der Waals surface area contributed by atoms with Crippen LogP contribution in [-0.2, 0) is 0 Å². The number of halogens is 1. The summed E-state index contributed by atoms with van der Waals surface area (Å²) in [6.07, 6.45) is 1.37. The van der Waals surface area contributed by atoms with Gasteiger partial charge in [0, 0.05) is 0 Å². The lowest BCUT2D eigenvalue weighted by atomic mass is 10.1. The highest BCUT2D eigenvalue weighted by Crippen LogP contribution is 2.14. The van der Waals surface area contributed by atoms with Gasteiger partial charge in [0.25, 0.3) is 5.91 Å². The van der Waals surface area contributed by atoms with Crippen LogP contribution in [0.4, 0.5) is 10.1 Å². The fraction of sp³-hybridized carbons (Fsp3) is 0.167. The second kappa shape index (κ2) is 4.87. The van der Waals surface area contributed by atoms with Crippen LogP contribution in [0, 0.1) is 5.82 Å². The van der Waals surface area contributed by atoms with Crippen molar-refractivity contribution in [2.24, 2.45) is 0 Å². The van der Waals surface area contributed by atoms with Crippen LogP contribution in [0.15, 0.2) is 30.5 Å². The van der Waals surface area contributed by atoms with E-state index in [1.807, 2.05) is 0 Å². The van der Waals surface area contributed by atoms with Gasteiger partial charge in [-0.3, -0.25) is 9.89 Å². The number of hydrogen-bond donors (Lipinski definition) is 3. The third-order valence-electron chi connectivity index (χ3n) is 2.61. The molecule has 0 saturated carbocycles. The molecule has 5 nitrogen and oxygen atoms in total. The summed E-state index contributed by atoms with van der Waals surface area (Å²) in [5, 5.41) is 8.94. The van der Waals surface area contributed by atoms with Gasteiger partial charge in [-0.2, -0.15) is 5.10 Å². The molecule has 1 unspecified atom stereocenters. The Hall–Kier alpha value is -2.37. The number of aromatic nitrogens is 2. The highest BCUT2D eigenvalue weighted by Gasteiger charge is 2.15. The molecule has 1 aromatic carbocycles. The van der Waals surface area contributed by atoms with Crippen molar-refractivity contribution in [3.05, 3.63) is 47.5 Å². The third-order valence-corrected chi connectivity index (χ3v) is 2.61. The monoisotopic (exact) mass is 248 g/mol. The van der Waals surface area contributed by atoms with Crippen LogP contribution in [0.1, 0.15) is 29.0 Å². The molecular formula is C12H13FN4O. The zero-order valence-electron chi connectivity index (χ0n) is 9.77. The molecule has 1 heterocycles. The number of carbonyl (C=O) groups is 1. The van der Waals surface area contributed by atoms with Crippen LogP contribution < -0.4 is 11.1 Å². The first-order chi connectivity index (χ1) is 8.58. The van der Waals surface area contributed by atoms with Gasteiger partial charge in [-0.1, -0.05) is 12.1 Å². The SMILES string of the molecule is CC(NC(=O)c1[nH]ncc1N)c1ccc(F)cc1. The van der Waals surface area contributed by atoms with E-state index in [1.54, 1.807) is 19.1 Å². The molecule has 0 spiro atoms. The molecule has 4 N–H and O–H groups in total. The van der Waals surface area contributed by atoms with Crippen molar-refractivity contribution in [1.82, 2.24) is 15.5 Å². The van der Waals surface area contributed by atoms with Crippen LogP contribution in [0.3, 0.4) is 0 Å². The average Bonchev–Trinajstić information content (AvgIpc) is 2.76. The second-order valence-electron chi connectivity index (χ2n) is 3.95. The van der Waals surface area contributed by atoms with Crippen molar-refractivity contribution >= 4 is 11.6 Å². The van der Waals surface area contributed by atoms with E-state index in [4.69, 9.17) is 5.73 Å². The lowest BCUT2D eigenvalue weighted by Crippen LogP contribution is -2.27. The number of nitrogens with one attached hydrogen (secondary N) is 2. The number of nitrogens with two attached hydrogens (primary N) is 1. The first-order valence-electron chi connectivity index (χ1n) is 5.43. The zero-order valence-corrected chi connectivity index (χ0v) is 9.77. The summed E-state index contributed by atoms with van der Waals surface area (Å²) >= 11 is 0. The Balaban J connectivity index is 2.08. The summed E-state index contributed by atoms with van der Waals surface area (Å²) in [6, 6.07) is 5.69. The minimum Gasteiger partial charge on any atom is -0.396 e. The van der Waals surface area contributed by atoms with Crippen LogP contribution >= 0.6 is 0 Å². The van der Waals surface area contributed by atoms with Gasteiger partial charge < -0.3 is 11.1 Å². The summed E-state index contributed by atoms with van der Waals surface area (Å²) in [5.41, 5.74) is 6.90. The number of aromatic amines is 1. The number of nitrogen functional groups attached to an aromatic ring is 1. The van der Waals surface area contributed by atoms with E-state index in [1.165, 1.54) is 18.3 Å². The van der Waals surface area contributed by atoms with Crippen molar-refractivity contribution < 1.29 is 9.18 Å². The van der Waals surface area contributed by atoms with Crippen molar-refractivity contribution in [3.8, 4) is 0 Å². The van der Waals surface area contributed by atoms with Gasteiger partial charge >= 0.3 is 0 Å². The Morgan fingerprint density at radius 1 is 1.44 bits per heavy atom. The standard InChI is InChI=1S/C12H13FN4O/c1-7(8-2-4-9(13)5-3-8)16-12(18)11-10(14)6-15-17-11/h2-7H,14H2,1H3,(H,15,17)(H,16,18). The molecule has 2 rings (SSSR count). The molecular weight excluding hydrogens is 235 g/mol. The maximum atomic E-state index is 12.8. The van der Waals surface area contributed by atoms with E-state index in [2.05, 4.69) is 15.5 Å². The second-order valence-corrected chi connectivity index (χ2v) is 3.95. The largest absolute Gasteiger partial charge is 0.396 e. The minimum absolute atomic E-state index is 0.226.